The largest absolute Gasteiger partial charge is 0.300 e. The van der Waals surface area contributed by atoms with Crippen molar-refractivity contribution < 1.29 is 4.79 Å². The van der Waals surface area contributed by atoms with Gasteiger partial charge in [0.05, 0.1) is 5.39 Å². The van der Waals surface area contributed by atoms with Crippen molar-refractivity contribution in [1.29, 1.82) is 0 Å². The molecule has 3 aromatic rings. The molecule has 1 aliphatic carbocycles. The highest BCUT2D eigenvalue weighted by Gasteiger charge is 2.32. The Labute approximate surface area is 177 Å². The number of carbonyl (C=O) groups is 1. The van der Waals surface area contributed by atoms with Crippen LogP contribution in [0.5, 0.6) is 0 Å². The van der Waals surface area contributed by atoms with Crippen LogP contribution >= 0.6 is 22.7 Å². The van der Waals surface area contributed by atoms with Crippen LogP contribution in [0.15, 0.2) is 16.4 Å². The van der Waals surface area contributed by atoms with Gasteiger partial charge in [-0.2, -0.15) is 4.68 Å². The van der Waals surface area contributed by atoms with E-state index < -0.39 is 6.04 Å². The van der Waals surface area contributed by atoms with Gasteiger partial charge in [0.1, 0.15) is 6.04 Å². The summed E-state index contributed by atoms with van der Waals surface area (Å²) >= 11 is 2.92. The first-order valence-corrected chi connectivity index (χ1v) is 11.6. The molecule has 1 aliphatic rings. The van der Waals surface area contributed by atoms with Gasteiger partial charge >= 0.3 is 0 Å². The molecule has 1 amide bonds. The topological polar surface area (TPSA) is 89.8 Å². The van der Waals surface area contributed by atoms with E-state index in [1.165, 1.54) is 20.9 Å². The molecule has 4 rings (SSSR count). The molecular weight excluding hydrogens is 406 g/mol. The van der Waals surface area contributed by atoms with Crippen molar-refractivity contribution in [2.24, 2.45) is 11.3 Å². The fourth-order valence-corrected chi connectivity index (χ4v) is 5.76. The third kappa shape index (κ3) is 3.73. The monoisotopic (exact) mass is 431 g/mol. The fraction of sp³-hybridized carbons (Fsp3) is 0.550. The lowest BCUT2D eigenvalue weighted by molar-refractivity contribution is -0.119. The summed E-state index contributed by atoms with van der Waals surface area (Å²) in [7, 11) is 0. The van der Waals surface area contributed by atoms with E-state index in [0.29, 0.717) is 27.7 Å². The Morgan fingerprint density at radius 1 is 1.41 bits per heavy atom. The number of hydrogen-bond donors (Lipinski definition) is 1. The zero-order chi connectivity index (χ0) is 20.8. The van der Waals surface area contributed by atoms with Crippen molar-refractivity contribution in [2.75, 3.05) is 5.32 Å². The average Bonchev–Trinajstić information content (AvgIpc) is 3.30. The number of amides is 1. The molecule has 3 aromatic heterocycles. The lowest BCUT2D eigenvalue weighted by Crippen LogP contribution is -2.35. The number of nitrogens with zero attached hydrogens (tertiary/aromatic N) is 4. The lowest BCUT2D eigenvalue weighted by atomic mass is 9.72. The number of aryl methyl sites for hydroxylation is 1. The SMILES string of the molecule is CCC(C(=O)Nc1nccs1)n1nnc2sc3c(c2c1=O)CCC(C(C)(C)C)C3. The van der Waals surface area contributed by atoms with Gasteiger partial charge in [0.25, 0.3) is 11.5 Å². The van der Waals surface area contributed by atoms with Crippen LogP contribution in [0.25, 0.3) is 10.2 Å². The lowest BCUT2D eigenvalue weighted by Gasteiger charge is -2.33. The molecule has 0 aromatic carbocycles. The Morgan fingerprint density at radius 2 is 2.21 bits per heavy atom. The van der Waals surface area contributed by atoms with Gasteiger partial charge in [-0.25, -0.2) is 4.98 Å². The summed E-state index contributed by atoms with van der Waals surface area (Å²) in [5.74, 6) is 0.292. The fourth-order valence-electron chi connectivity index (χ4n) is 3.99. The van der Waals surface area contributed by atoms with Gasteiger partial charge in [-0.15, -0.1) is 27.8 Å². The van der Waals surface area contributed by atoms with Crippen molar-refractivity contribution in [3.05, 3.63) is 32.4 Å². The number of thiazole rings is 1. The zero-order valence-corrected chi connectivity index (χ0v) is 18.7. The van der Waals surface area contributed by atoms with Crippen LogP contribution in [-0.2, 0) is 17.6 Å². The molecule has 154 valence electrons. The Morgan fingerprint density at radius 3 is 2.86 bits per heavy atom. The molecule has 29 heavy (non-hydrogen) atoms. The van der Waals surface area contributed by atoms with Gasteiger partial charge in [-0.1, -0.05) is 32.9 Å². The predicted molar refractivity (Wildman–Crippen MR) is 117 cm³/mol. The third-order valence-electron chi connectivity index (χ3n) is 5.77. The Kier molecular flexibility index (Phi) is 5.29. The van der Waals surface area contributed by atoms with Gasteiger partial charge < -0.3 is 5.32 Å². The average molecular weight is 432 g/mol. The van der Waals surface area contributed by atoms with Crippen LogP contribution in [0.3, 0.4) is 0 Å². The molecule has 0 aliphatic heterocycles. The maximum absolute atomic E-state index is 13.3. The summed E-state index contributed by atoms with van der Waals surface area (Å²) < 4.78 is 1.24. The van der Waals surface area contributed by atoms with E-state index in [9.17, 15) is 9.59 Å². The highest BCUT2D eigenvalue weighted by Crippen LogP contribution is 2.41. The van der Waals surface area contributed by atoms with E-state index in [1.807, 2.05) is 6.92 Å². The van der Waals surface area contributed by atoms with Crippen LogP contribution in [0.4, 0.5) is 5.13 Å². The van der Waals surface area contributed by atoms with E-state index in [4.69, 9.17) is 0 Å². The van der Waals surface area contributed by atoms with Gasteiger partial charge in [-0.05, 0) is 42.6 Å². The number of hydrogen-bond acceptors (Lipinski definition) is 7. The van der Waals surface area contributed by atoms with Gasteiger partial charge in [0, 0.05) is 16.5 Å². The third-order valence-corrected chi connectivity index (χ3v) is 7.60. The highest BCUT2D eigenvalue weighted by atomic mass is 32.1. The summed E-state index contributed by atoms with van der Waals surface area (Å²) in [6, 6.07) is -0.718. The molecule has 0 bridgehead atoms. The van der Waals surface area contributed by atoms with E-state index in [2.05, 4.69) is 41.4 Å². The highest BCUT2D eigenvalue weighted by molar-refractivity contribution is 7.18. The van der Waals surface area contributed by atoms with Crippen LogP contribution in [0.2, 0.25) is 0 Å². The second-order valence-electron chi connectivity index (χ2n) is 8.58. The summed E-state index contributed by atoms with van der Waals surface area (Å²) in [6.45, 7) is 8.68. The van der Waals surface area contributed by atoms with Crippen molar-refractivity contribution in [3.63, 3.8) is 0 Å². The Balaban J connectivity index is 1.71. The molecule has 3 heterocycles. The molecule has 0 spiro atoms. The first-order valence-electron chi connectivity index (χ1n) is 9.89. The molecule has 0 radical (unpaired) electrons. The summed E-state index contributed by atoms with van der Waals surface area (Å²) in [5.41, 5.74) is 1.12. The smallest absolute Gasteiger partial charge is 0.279 e. The minimum absolute atomic E-state index is 0.220. The van der Waals surface area contributed by atoms with Gasteiger partial charge in [-0.3, -0.25) is 9.59 Å². The zero-order valence-electron chi connectivity index (χ0n) is 17.1. The summed E-state index contributed by atoms with van der Waals surface area (Å²) in [5, 5.41) is 14.2. The minimum atomic E-state index is -0.718. The standard InChI is InChI=1S/C20H25N5O2S2/c1-5-13(16(26)22-19-21-8-9-28-19)25-18(27)15-12-7-6-11(20(2,3)4)10-14(12)29-17(15)23-24-25/h8-9,11,13H,5-7,10H2,1-4H3,(H,21,22,26). The van der Waals surface area contributed by atoms with Crippen LogP contribution in [0.1, 0.15) is 57.0 Å². The Hall–Kier alpha value is -2.13. The quantitative estimate of drug-likeness (QED) is 0.673. The number of anilines is 1. The maximum atomic E-state index is 13.3. The predicted octanol–water partition coefficient (Wildman–Crippen LogP) is 4.05. The van der Waals surface area contributed by atoms with Crippen molar-refractivity contribution in [3.8, 4) is 0 Å². The minimum Gasteiger partial charge on any atom is -0.300 e. The van der Waals surface area contributed by atoms with Crippen LogP contribution < -0.4 is 10.9 Å². The van der Waals surface area contributed by atoms with Crippen LogP contribution in [-0.4, -0.2) is 25.9 Å². The molecule has 1 N–H and O–H groups in total. The van der Waals surface area contributed by atoms with Crippen LogP contribution in [0, 0.1) is 11.3 Å². The first kappa shape index (κ1) is 20.2. The molecule has 7 nitrogen and oxygen atoms in total. The van der Waals surface area contributed by atoms with E-state index >= 15 is 0 Å². The summed E-state index contributed by atoms with van der Waals surface area (Å²) in [6.07, 6.45) is 4.98. The van der Waals surface area contributed by atoms with E-state index in [0.717, 1.165) is 24.8 Å². The molecule has 0 saturated heterocycles. The molecular formula is C20H25N5O2S2. The van der Waals surface area contributed by atoms with Gasteiger partial charge in [0.15, 0.2) is 9.96 Å². The molecule has 2 unspecified atom stereocenters. The van der Waals surface area contributed by atoms with E-state index in [-0.39, 0.29) is 16.9 Å². The van der Waals surface area contributed by atoms with Crippen molar-refractivity contribution in [2.45, 2.75) is 59.4 Å². The Bertz CT molecular complexity index is 1090. The number of thiophene rings is 1. The molecule has 9 heteroatoms. The molecule has 2 atom stereocenters. The second kappa shape index (κ2) is 7.60. The van der Waals surface area contributed by atoms with Gasteiger partial charge in [0.2, 0.25) is 0 Å². The molecule has 0 saturated carbocycles. The number of nitrogens with one attached hydrogen (secondary N) is 1. The number of fused-ring (bicyclic) bond motifs is 3. The summed E-state index contributed by atoms with van der Waals surface area (Å²) in [4.78, 5) is 32.1. The maximum Gasteiger partial charge on any atom is 0.279 e. The number of carbonyl (C=O) groups excluding carboxylic acids is 1. The van der Waals surface area contributed by atoms with E-state index in [1.54, 1.807) is 22.9 Å². The van der Waals surface area contributed by atoms with Crippen molar-refractivity contribution >= 4 is 43.9 Å². The number of aromatic nitrogens is 4. The second-order valence-corrected chi connectivity index (χ2v) is 10.6. The number of rotatable bonds is 4. The molecule has 0 fully saturated rings. The normalized spacial score (nSPS) is 17.9. The first-order chi connectivity index (χ1) is 13.8. The van der Waals surface area contributed by atoms with Crippen molar-refractivity contribution in [1.82, 2.24) is 20.0 Å².